The van der Waals surface area contributed by atoms with Crippen LogP contribution < -0.4 is 20.1 Å². The van der Waals surface area contributed by atoms with Gasteiger partial charge < -0.3 is 24.8 Å². The summed E-state index contributed by atoms with van der Waals surface area (Å²) in [7, 11) is 0. The molecular weight excluding hydrogens is 372 g/mol. The maximum absolute atomic E-state index is 12.7. The lowest BCUT2D eigenvalue weighted by atomic mass is 9.83. The monoisotopic (exact) mass is 402 g/mol. The third kappa shape index (κ3) is 5.21. The van der Waals surface area contributed by atoms with E-state index in [0.29, 0.717) is 30.6 Å². The Labute approximate surface area is 171 Å². The quantitative estimate of drug-likeness (QED) is 0.697. The predicted octanol–water partition coefficient (Wildman–Crippen LogP) is 2.32. The highest BCUT2D eigenvalue weighted by molar-refractivity contribution is 5.81. The number of carbonyl (C=O) groups excluding carboxylic acids is 2. The summed E-state index contributed by atoms with van der Waals surface area (Å²) in [5, 5.41) is 6.23. The van der Waals surface area contributed by atoms with Gasteiger partial charge >= 0.3 is 0 Å². The van der Waals surface area contributed by atoms with Crippen molar-refractivity contribution < 1.29 is 23.8 Å². The molecule has 1 aliphatic heterocycles. The van der Waals surface area contributed by atoms with Gasteiger partial charge in [0.15, 0.2) is 11.5 Å². The molecule has 2 fully saturated rings. The van der Waals surface area contributed by atoms with Crippen LogP contribution in [0.3, 0.4) is 0 Å². The van der Waals surface area contributed by atoms with Gasteiger partial charge in [-0.15, -0.1) is 0 Å². The number of hydrogen-bond donors (Lipinski definition) is 2. The van der Waals surface area contributed by atoms with Crippen molar-refractivity contribution in [3.8, 4) is 11.5 Å². The van der Waals surface area contributed by atoms with Gasteiger partial charge in [-0.25, -0.2) is 0 Å². The van der Waals surface area contributed by atoms with E-state index in [1.807, 2.05) is 18.2 Å². The minimum Gasteiger partial charge on any atom is -0.454 e. The molecule has 7 nitrogen and oxygen atoms in total. The lowest BCUT2D eigenvalue weighted by Crippen LogP contribution is -2.51. The smallest absolute Gasteiger partial charge is 0.231 e. The molecule has 2 saturated carbocycles. The summed E-state index contributed by atoms with van der Waals surface area (Å²) >= 11 is 0. The summed E-state index contributed by atoms with van der Waals surface area (Å²) in [6.45, 7) is 2.95. The fraction of sp³-hybridized carbons (Fsp3) is 0.636. The Balaban J connectivity index is 1.36. The summed E-state index contributed by atoms with van der Waals surface area (Å²) < 4.78 is 16.7. The summed E-state index contributed by atoms with van der Waals surface area (Å²) in [4.78, 5) is 25.2. The maximum atomic E-state index is 12.7. The number of benzene rings is 1. The molecule has 2 amide bonds. The molecule has 29 heavy (non-hydrogen) atoms. The Morgan fingerprint density at radius 3 is 2.72 bits per heavy atom. The molecule has 7 heteroatoms. The van der Waals surface area contributed by atoms with E-state index in [4.69, 9.17) is 14.2 Å². The van der Waals surface area contributed by atoms with Gasteiger partial charge in [-0.3, -0.25) is 9.59 Å². The predicted molar refractivity (Wildman–Crippen MR) is 107 cm³/mol. The zero-order chi connectivity index (χ0) is 20.2. The number of carbonyl (C=O) groups is 2. The molecule has 0 aromatic heterocycles. The first-order valence-electron chi connectivity index (χ1n) is 10.7. The van der Waals surface area contributed by atoms with Crippen molar-refractivity contribution in [1.82, 2.24) is 10.6 Å². The van der Waals surface area contributed by atoms with Crippen molar-refractivity contribution in [2.45, 2.75) is 70.1 Å². The molecule has 0 spiro atoms. The topological polar surface area (TPSA) is 85.9 Å². The van der Waals surface area contributed by atoms with Crippen LogP contribution in [0.2, 0.25) is 0 Å². The van der Waals surface area contributed by atoms with E-state index in [1.54, 1.807) is 0 Å². The molecule has 0 radical (unpaired) electrons. The largest absolute Gasteiger partial charge is 0.454 e. The maximum Gasteiger partial charge on any atom is 0.231 e. The van der Waals surface area contributed by atoms with Crippen LogP contribution in [0.15, 0.2) is 18.2 Å². The van der Waals surface area contributed by atoms with Crippen LogP contribution in [0.4, 0.5) is 0 Å². The van der Waals surface area contributed by atoms with Crippen molar-refractivity contribution in [3.63, 3.8) is 0 Å². The lowest BCUT2D eigenvalue weighted by molar-refractivity contribution is -0.130. The molecule has 158 valence electrons. The van der Waals surface area contributed by atoms with E-state index in [-0.39, 0.29) is 43.1 Å². The number of rotatable bonds is 8. The highest BCUT2D eigenvalue weighted by Crippen LogP contribution is 2.33. The van der Waals surface area contributed by atoms with Crippen molar-refractivity contribution in [1.29, 1.82) is 0 Å². The van der Waals surface area contributed by atoms with Crippen LogP contribution in [-0.2, 0) is 20.7 Å². The summed E-state index contributed by atoms with van der Waals surface area (Å²) in [5.74, 6) is 1.37. The molecule has 0 saturated heterocycles. The van der Waals surface area contributed by atoms with E-state index < -0.39 is 0 Å². The Morgan fingerprint density at radius 2 is 1.93 bits per heavy atom. The summed E-state index contributed by atoms with van der Waals surface area (Å²) in [6.07, 6.45) is 5.53. The normalized spacial score (nSPS) is 25.5. The second kappa shape index (κ2) is 9.03. The zero-order valence-electron chi connectivity index (χ0n) is 16.9. The van der Waals surface area contributed by atoms with Crippen molar-refractivity contribution in [2.24, 2.45) is 5.92 Å². The van der Waals surface area contributed by atoms with Gasteiger partial charge in [0, 0.05) is 18.6 Å². The van der Waals surface area contributed by atoms with Crippen LogP contribution in [0.1, 0.15) is 51.0 Å². The van der Waals surface area contributed by atoms with E-state index >= 15 is 0 Å². The molecule has 3 atom stereocenters. The number of amides is 2. The molecular formula is C22H30N2O5. The minimum absolute atomic E-state index is 0.0411. The van der Waals surface area contributed by atoms with Gasteiger partial charge in [0.1, 0.15) is 0 Å². The average molecular weight is 402 g/mol. The molecule has 1 aromatic rings. The third-order valence-corrected chi connectivity index (χ3v) is 5.77. The second-order valence-corrected chi connectivity index (χ2v) is 8.24. The SMILES string of the molecule is CCCO[C@@H]1CC[C@H](C(=O)NC2CC2)C[C@H]1NC(=O)Cc1ccc2c(c1)OCO2. The molecule has 2 aliphatic carbocycles. The Hall–Kier alpha value is -2.28. The highest BCUT2D eigenvalue weighted by atomic mass is 16.7. The fourth-order valence-corrected chi connectivity index (χ4v) is 4.04. The molecule has 2 N–H and O–H groups in total. The van der Waals surface area contributed by atoms with E-state index in [0.717, 1.165) is 37.7 Å². The van der Waals surface area contributed by atoms with Gasteiger partial charge in [0.2, 0.25) is 18.6 Å². The van der Waals surface area contributed by atoms with Gasteiger partial charge in [0.05, 0.1) is 18.6 Å². The van der Waals surface area contributed by atoms with Crippen molar-refractivity contribution in [3.05, 3.63) is 23.8 Å². The van der Waals surface area contributed by atoms with Gasteiger partial charge in [-0.05, 0) is 56.2 Å². The average Bonchev–Trinajstić information content (AvgIpc) is 3.40. The number of fused-ring (bicyclic) bond motifs is 1. The molecule has 1 heterocycles. The Kier molecular flexibility index (Phi) is 6.23. The van der Waals surface area contributed by atoms with Crippen LogP contribution in [0.25, 0.3) is 0 Å². The van der Waals surface area contributed by atoms with Gasteiger partial charge in [0.25, 0.3) is 0 Å². The first-order valence-corrected chi connectivity index (χ1v) is 10.7. The standard InChI is InChI=1S/C22H30N2O5/c1-2-9-27-18-8-4-15(22(26)23-16-5-6-16)12-17(18)24-21(25)11-14-3-7-19-20(10-14)29-13-28-19/h3,7,10,15-18H,2,4-6,8-9,11-13H2,1H3,(H,23,26)(H,24,25)/t15-,17+,18+/m0/s1. The second-order valence-electron chi connectivity index (χ2n) is 8.24. The first-order chi connectivity index (χ1) is 14.1. The van der Waals surface area contributed by atoms with E-state index in [9.17, 15) is 9.59 Å². The molecule has 0 unspecified atom stereocenters. The van der Waals surface area contributed by atoms with Crippen LogP contribution in [0, 0.1) is 5.92 Å². The first kappa shape index (κ1) is 20.0. The Bertz CT molecular complexity index is 749. The fourth-order valence-electron chi connectivity index (χ4n) is 4.04. The highest BCUT2D eigenvalue weighted by Gasteiger charge is 2.37. The van der Waals surface area contributed by atoms with Crippen molar-refractivity contribution in [2.75, 3.05) is 13.4 Å². The van der Waals surface area contributed by atoms with Crippen LogP contribution >= 0.6 is 0 Å². The van der Waals surface area contributed by atoms with Gasteiger partial charge in [-0.1, -0.05) is 13.0 Å². The minimum atomic E-state index is -0.147. The lowest BCUT2D eigenvalue weighted by Gasteiger charge is -2.36. The van der Waals surface area contributed by atoms with E-state index in [2.05, 4.69) is 17.6 Å². The van der Waals surface area contributed by atoms with Gasteiger partial charge in [-0.2, -0.15) is 0 Å². The number of hydrogen-bond acceptors (Lipinski definition) is 5. The summed E-state index contributed by atoms with van der Waals surface area (Å²) in [6, 6.07) is 5.77. The summed E-state index contributed by atoms with van der Waals surface area (Å²) in [5.41, 5.74) is 0.872. The van der Waals surface area contributed by atoms with Crippen LogP contribution in [0.5, 0.6) is 11.5 Å². The Morgan fingerprint density at radius 1 is 1.10 bits per heavy atom. The molecule has 3 aliphatic rings. The number of nitrogens with one attached hydrogen (secondary N) is 2. The van der Waals surface area contributed by atoms with E-state index in [1.165, 1.54) is 0 Å². The zero-order valence-corrected chi connectivity index (χ0v) is 16.9. The molecule has 1 aromatic carbocycles. The molecule has 4 rings (SSSR count). The van der Waals surface area contributed by atoms with Crippen LogP contribution in [-0.4, -0.2) is 43.4 Å². The van der Waals surface area contributed by atoms with Crippen molar-refractivity contribution >= 4 is 11.8 Å². The molecule has 0 bridgehead atoms. The number of ether oxygens (including phenoxy) is 3. The third-order valence-electron chi connectivity index (χ3n) is 5.77.